The van der Waals surface area contributed by atoms with Gasteiger partial charge in [0, 0.05) is 6.54 Å². The quantitative estimate of drug-likeness (QED) is 0.401. The second-order valence-electron chi connectivity index (χ2n) is 1.28. The lowest BCUT2D eigenvalue weighted by Crippen LogP contribution is -2.03. The molecule has 1 saturated heterocycles. The number of hydrogen-bond donors (Lipinski definition) is 1. The summed E-state index contributed by atoms with van der Waals surface area (Å²) in [6, 6.07) is 0. The molecule has 1 aliphatic heterocycles. The molecule has 1 aliphatic rings. The summed E-state index contributed by atoms with van der Waals surface area (Å²) in [7, 11) is 0. The van der Waals surface area contributed by atoms with E-state index < -0.39 is 0 Å². The smallest absolute Gasteiger partial charge is 0.139 e. The minimum Gasteiger partial charge on any atom is -0.275 e. The van der Waals surface area contributed by atoms with Crippen LogP contribution in [0, 0.1) is 6.42 Å². The molecule has 1 fully saturated rings. The summed E-state index contributed by atoms with van der Waals surface area (Å²) in [4.78, 5) is 0. The van der Waals surface area contributed by atoms with Crippen LogP contribution in [-0.4, -0.2) is 13.1 Å². The van der Waals surface area contributed by atoms with E-state index in [1.54, 1.807) is 0 Å². The summed E-state index contributed by atoms with van der Waals surface area (Å²) in [5.41, 5.74) is 0. The third-order valence-electron chi connectivity index (χ3n) is 0.814. The Bertz CT molecular complexity index is 15.2. The monoisotopic (exact) mass is 70.1 g/mol. The van der Waals surface area contributed by atoms with Crippen LogP contribution in [0.5, 0.6) is 0 Å². The molecule has 1 N–H and O–H groups in total. The molecule has 0 aromatic carbocycles. The van der Waals surface area contributed by atoms with Gasteiger partial charge in [-0.2, -0.15) is 0 Å². The van der Waals surface area contributed by atoms with Gasteiger partial charge in [-0.15, -0.1) is 0 Å². The van der Waals surface area contributed by atoms with Crippen molar-refractivity contribution in [3.63, 3.8) is 0 Å². The van der Waals surface area contributed by atoms with Gasteiger partial charge in [0.15, 0.2) is 0 Å². The molecular weight excluding hydrogens is 62.1 g/mol. The van der Waals surface area contributed by atoms with Crippen LogP contribution in [0.15, 0.2) is 0 Å². The summed E-state index contributed by atoms with van der Waals surface area (Å²) >= 11 is 0. The average molecular weight is 70.1 g/mol. The molecule has 0 aromatic heterocycles. The van der Waals surface area contributed by atoms with Gasteiger partial charge in [-0.05, 0) is 0 Å². The van der Waals surface area contributed by atoms with E-state index in [1.807, 2.05) is 0 Å². The summed E-state index contributed by atoms with van der Waals surface area (Å²) < 4.78 is 0. The number of nitrogens with one attached hydrogen (secondary N) is 1. The van der Waals surface area contributed by atoms with Gasteiger partial charge < -0.3 is 0 Å². The molecule has 0 amide bonds. The van der Waals surface area contributed by atoms with Crippen molar-refractivity contribution >= 4 is 0 Å². The van der Waals surface area contributed by atoms with E-state index in [2.05, 4.69) is 11.7 Å². The van der Waals surface area contributed by atoms with Crippen LogP contribution in [0.4, 0.5) is 0 Å². The lowest BCUT2D eigenvalue weighted by atomic mass is 10.4. The van der Waals surface area contributed by atoms with Crippen LogP contribution in [0.25, 0.3) is 0 Å². The van der Waals surface area contributed by atoms with E-state index in [1.165, 1.54) is 13.0 Å². The van der Waals surface area contributed by atoms with Gasteiger partial charge in [0.2, 0.25) is 0 Å². The maximum atomic E-state index is 3.17. The van der Waals surface area contributed by atoms with Crippen LogP contribution >= 0.6 is 0 Å². The second-order valence-corrected chi connectivity index (χ2v) is 1.28. The van der Waals surface area contributed by atoms with E-state index >= 15 is 0 Å². The Morgan fingerprint density at radius 3 is 2.80 bits per heavy atom. The van der Waals surface area contributed by atoms with Crippen molar-refractivity contribution in [2.24, 2.45) is 0 Å². The molecule has 5 heavy (non-hydrogen) atoms. The van der Waals surface area contributed by atoms with Gasteiger partial charge in [0.1, 0.15) is 13.0 Å². The first-order valence-electron chi connectivity index (χ1n) is 2.02. The first-order valence-corrected chi connectivity index (χ1v) is 2.02. The molecule has 0 spiro atoms. The zero-order chi connectivity index (χ0) is 3.54. The Morgan fingerprint density at radius 1 is 1.60 bits per heavy atom. The van der Waals surface area contributed by atoms with E-state index in [-0.39, 0.29) is 0 Å². The number of hydrogen-bond acceptors (Lipinski definition) is 1. The van der Waals surface area contributed by atoms with E-state index in [0.29, 0.717) is 0 Å². The zero-order valence-electron chi connectivity index (χ0n) is 3.20. The molecule has 1 heteroatoms. The minimum atomic E-state index is 1.12. The SMILES string of the molecule is [CH+]1CCNC1. The first kappa shape index (κ1) is 3.04. The zero-order valence-corrected chi connectivity index (χ0v) is 3.20. The van der Waals surface area contributed by atoms with Crippen LogP contribution in [0.2, 0.25) is 0 Å². The van der Waals surface area contributed by atoms with E-state index in [9.17, 15) is 0 Å². The topological polar surface area (TPSA) is 12.0 Å². The Kier molecular flexibility index (Phi) is 0.799. The highest BCUT2D eigenvalue weighted by Crippen LogP contribution is 1.88. The van der Waals surface area contributed by atoms with Crippen LogP contribution in [0.3, 0.4) is 0 Å². The minimum absolute atomic E-state index is 1.12. The Hall–Kier alpha value is -0.170. The summed E-state index contributed by atoms with van der Waals surface area (Å²) in [5, 5.41) is 3.17. The number of rotatable bonds is 0. The molecule has 1 nitrogen and oxygen atoms in total. The Balaban J connectivity index is 2.08. The van der Waals surface area contributed by atoms with Gasteiger partial charge in [-0.3, -0.25) is 5.32 Å². The van der Waals surface area contributed by atoms with E-state index in [0.717, 1.165) is 6.54 Å². The average Bonchev–Trinajstić information content (AvgIpc) is 1.76. The summed E-state index contributed by atoms with van der Waals surface area (Å²) in [6.07, 6.45) is 3.51. The molecule has 0 aromatic rings. The van der Waals surface area contributed by atoms with Gasteiger partial charge in [-0.25, -0.2) is 0 Å². The van der Waals surface area contributed by atoms with Gasteiger partial charge in [0.25, 0.3) is 0 Å². The summed E-state index contributed by atoms with van der Waals surface area (Å²) in [6.45, 7) is 2.32. The lowest BCUT2D eigenvalue weighted by Gasteiger charge is -1.69. The Labute approximate surface area is 32.4 Å². The lowest BCUT2D eigenvalue weighted by molar-refractivity contribution is 0.862. The van der Waals surface area contributed by atoms with Gasteiger partial charge in [0.05, 0.1) is 6.42 Å². The van der Waals surface area contributed by atoms with Crippen LogP contribution < -0.4 is 5.32 Å². The van der Waals surface area contributed by atoms with Crippen molar-refractivity contribution in [3.05, 3.63) is 6.42 Å². The van der Waals surface area contributed by atoms with Crippen molar-refractivity contribution in [1.29, 1.82) is 0 Å². The molecule has 0 bridgehead atoms. The standard InChI is InChI=1S/C4H8N/c1-2-4-5-3-1/h1,5H,2-4H2/q+1. The normalized spacial score (nSPS) is 22.4. The molecule has 0 aliphatic carbocycles. The predicted molar refractivity (Wildman–Crippen MR) is 21.8 cm³/mol. The third-order valence-corrected chi connectivity index (χ3v) is 0.814. The van der Waals surface area contributed by atoms with Crippen molar-refractivity contribution in [2.75, 3.05) is 13.1 Å². The molecule has 0 radical (unpaired) electrons. The fourth-order valence-electron chi connectivity index (χ4n) is 0.510. The van der Waals surface area contributed by atoms with Gasteiger partial charge >= 0.3 is 0 Å². The highest BCUT2D eigenvalue weighted by Gasteiger charge is 2.03. The van der Waals surface area contributed by atoms with Crippen molar-refractivity contribution in [2.45, 2.75) is 6.42 Å². The van der Waals surface area contributed by atoms with Crippen LogP contribution in [-0.2, 0) is 0 Å². The first-order chi connectivity index (χ1) is 2.50. The largest absolute Gasteiger partial charge is 0.275 e. The summed E-state index contributed by atoms with van der Waals surface area (Å²) in [5.74, 6) is 0. The molecule has 1 heterocycles. The fourth-order valence-corrected chi connectivity index (χ4v) is 0.510. The Morgan fingerprint density at radius 2 is 2.60 bits per heavy atom. The third kappa shape index (κ3) is 0.550. The maximum Gasteiger partial charge on any atom is 0.139 e. The van der Waals surface area contributed by atoms with E-state index in [4.69, 9.17) is 0 Å². The molecule has 0 atom stereocenters. The molecule has 0 unspecified atom stereocenters. The molecular formula is C4H8N+. The highest BCUT2D eigenvalue weighted by atomic mass is 14.9. The molecule has 1 rings (SSSR count). The van der Waals surface area contributed by atoms with Gasteiger partial charge in [-0.1, -0.05) is 0 Å². The second kappa shape index (κ2) is 1.31. The van der Waals surface area contributed by atoms with Crippen molar-refractivity contribution in [1.82, 2.24) is 5.32 Å². The maximum absolute atomic E-state index is 3.17. The predicted octanol–water partition coefficient (Wildman–Crippen LogP) is 0.184. The molecule has 0 saturated carbocycles. The van der Waals surface area contributed by atoms with Crippen molar-refractivity contribution in [3.8, 4) is 0 Å². The van der Waals surface area contributed by atoms with Crippen molar-refractivity contribution < 1.29 is 0 Å². The highest BCUT2D eigenvalue weighted by molar-refractivity contribution is 4.75. The van der Waals surface area contributed by atoms with Crippen LogP contribution in [0.1, 0.15) is 6.42 Å². The fraction of sp³-hybridized carbons (Fsp3) is 0.750. The molecule has 28 valence electrons.